The Balaban J connectivity index is 1.99. The van der Waals surface area contributed by atoms with Crippen molar-refractivity contribution in [1.82, 2.24) is 15.2 Å². The van der Waals surface area contributed by atoms with E-state index < -0.39 is 0 Å². The third-order valence-corrected chi connectivity index (χ3v) is 2.54. The quantitative estimate of drug-likeness (QED) is 0.805. The first kappa shape index (κ1) is 10.7. The van der Waals surface area contributed by atoms with Crippen LogP contribution in [0.4, 0.5) is 0 Å². The summed E-state index contributed by atoms with van der Waals surface area (Å²) in [6.07, 6.45) is 1.72. The van der Waals surface area contributed by atoms with Crippen LogP contribution >= 0.6 is 0 Å². The molecule has 16 heavy (non-hydrogen) atoms. The molecule has 0 saturated heterocycles. The molecule has 2 heterocycles. The summed E-state index contributed by atoms with van der Waals surface area (Å²) in [4.78, 5) is 10.6. The minimum Gasteiger partial charge on any atom is -0.481 e. The van der Waals surface area contributed by atoms with Gasteiger partial charge in [0.2, 0.25) is 5.88 Å². The second kappa shape index (κ2) is 4.83. The average Bonchev–Trinajstić information content (AvgIpc) is 2.72. The Morgan fingerprint density at radius 2 is 2.44 bits per heavy atom. The molecule has 0 aliphatic carbocycles. The number of guanidine groups is 1. The van der Waals surface area contributed by atoms with Gasteiger partial charge in [-0.25, -0.2) is 4.98 Å². The van der Waals surface area contributed by atoms with Crippen LogP contribution in [0, 0.1) is 0 Å². The highest BCUT2D eigenvalue weighted by Crippen LogP contribution is 2.13. The predicted octanol–water partition coefficient (Wildman–Crippen LogP) is 0.481. The lowest BCUT2D eigenvalue weighted by Crippen LogP contribution is -2.35. The number of hydrogen-bond donors (Lipinski definition) is 1. The molecule has 1 aromatic heterocycles. The first-order chi connectivity index (χ1) is 7.81. The van der Waals surface area contributed by atoms with Gasteiger partial charge in [-0.05, 0) is 6.07 Å². The SMILES string of the molecule is COc1ncccc1CNC1=NCCN1C. The molecule has 0 fully saturated rings. The number of aromatic nitrogens is 1. The second-order valence-electron chi connectivity index (χ2n) is 3.65. The van der Waals surface area contributed by atoms with Gasteiger partial charge in [0, 0.05) is 31.9 Å². The number of aliphatic imine (C=N–C) groups is 1. The van der Waals surface area contributed by atoms with Gasteiger partial charge < -0.3 is 15.0 Å². The van der Waals surface area contributed by atoms with Crippen molar-refractivity contribution in [2.24, 2.45) is 4.99 Å². The van der Waals surface area contributed by atoms with E-state index in [2.05, 4.69) is 20.2 Å². The number of hydrogen-bond acceptors (Lipinski definition) is 5. The molecule has 5 nitrogen and oxygen atoms in total. The third kappa shape index (κ3) is 2.24. The second-order valence-corrected chi connectivity index (χ2v) is 3.65. The van der Waals surface area contributed by atoms with E-state index in [-0.39, 0.29) is 0 Å². The molecule has 0 radical (unpaired) electrons. The van der Waals surface area contributed by atoms with Crippen molar-refractivity contribution in [3.05, 3.63) is 23.9 Å². The zero-order valence-electron chi connectivity index (χ0n) is 9.60. The summed E-state index contributed by atoms with van der Waals surface area (Å²) in [6, 6.07) is 3.90. The Bertz CT molecular complexity index is 391. The van der Waals surface area contributed by atoms with E-state index in [9.17, 15) is 0 Å². The number of nitrogens with one attached hydrogen (secondary N) is 1. The van der Waals surface area contributed by atoms with Gasteiger partial charge in [-0.2, -0.15) is 0 Å². The lowest BCUT2D eigenvalue weighted by Gasteiger charge is -2.15. The van der Waals surface area contributed by atoms with E-state index >= 15 is 0 Å². The maximum Gasteiger partial charge on any atom is 0.218 e. The predicted molar refractivity (Wildman–Crippen MR) is 62.6 cm³/mol. The van der Waals surface area contributed by atoms with Crippen LogP contribution in [0.5, 0.6) is 5.88 Å². The Hall–Kier alpha value is -1.78. The zero-order chi connectivity index (χ0) is 11.4. The van der Waals surface area contributed by atoms with E-state index in [1.807, 2.05) is 19.2 Å². The van der Waals surface area contributed by atoms with E-state index in [1.54, 1.807) is 13.3 Å². The largest absolute Gasteiger partial charge is 0.481 e. The van der Waals surface area contributed by atoms with E-state index in [4.69, 9.17) is 4.74 Å². The summed E-state index contributed by atoms with van der Waals surface area (Å²) in [5.74, 6) is 1.60. The van der Waals surface area contributed by atoms with Crippen LogP contribution in [0.3, 0.4) is 0 Å². The number of nitrogens with zero attached hydrogens (tertiary/aromatic N) is 3. The van der Waals surface area contributed by atoms with Crippen LogP contribution in [0.1, 0.15) is 5.56 Å². The van der Waals surface area contributed by atoms with E-state index in [0.29, 0.717) is 12.4 Å². The van der Waals surface area contributed by atoms with Gasteiger partial charge in [-0.15, -0.1) is 0 Å². The third-order valence-electron chi connectivity index (χ3n) is 2.54. The van der Waals surface area contributed by atoms with E-state index in [1.165, 1.54) is 0 Å². The highest BCUT2D eigenvalue weighted by Gasteiger charge is 2.12. The Morgan fingerprint density at radius 3 is 3.12 bits per heavy atom. The minimum absolute atomic E-state index is 0.663. The molecule has 1 aromatic rings. The van der Waals surface area contributed by atoms with Gasteiger partial charge in [0.05, 0.1) is 13.7 Å². The summed E-state index contributed by atoms with van der Waals surface area (Å²) in [6.45, 7) is 2.52. The fourth-order valence-electron chi connectivity index (χ4n) is 1.64. The average molecular weight is 220 g/mol. The monoisotopic (exact) mass is 220 g/mol. The number of methoxy groups -OCH3 is 1. The highest BCUT2D eigenvalue weighted by atomic mass is 16.5. The van der Waals surface area contributed by atoms with E-state index in [0.717, 1.165) is 24.6 Å². The number of ether oxygens (including phenoxy) is 1. The van der Waals surface area contributed by atoms with Crippen molar-refractivity contribution in [3.8, 4) is 5.88 Å². The highest BCUT2D eigenvalue weighted by molar-refractivity contribution is 5.81. The zero-order valence-corrected chi connectivity index (χ0v) is 9.60. The molecule has 0 amide bonds. The van der Waals surface area contributed by atoms with Gasteiger partial charge in [0.1, 0.15) is 0 Å². The van der Waals surface area contributed by atoms with Crippen LogP contribution in [0.25, 0.3) is 0 Å². The minimum atomic E-state index is 0.663. The smallest absolute Gasteiger partial charge is 0.218 e. The summed E-state index contributed by atoms with van der Waals surface area (Å²) in [5, 5.41) is 3.28. The van der Waals surface area contributed by atoms with Crippen molar-refractivity contribution in [1.29, 1.82) is 0 Å². The molecule has 1 aliphatic heterocycles. The summed E-state index contributed by atoms with van der Waals surface area (Å²) >= 11 is 0. The molecule has 1 aliphatic rings. The van der Waals surface area contributed by atoms with Gasteiger partial charge in [-0.1, -0.05) is 6.07 Å². The van der Waals surface area contributed by atoms with Crippen molar-refractivity contribution in [2.45, 2.75) is 6.54 Å². The molecule has 0 aromatic carbocycles. The lowest BCUT2D eigenvalue weighted by atomic mass is 10.3. The maximum atomic E-state index is 5.18. The normalized spacial score (nSPS) is 14.9. The standard InChI is InChI=1S/C11H16N4O/c1-15-7-6-13-11(15)14-8-9-4-3-5-12-10(9)16-2/h3-5H,6-8H2,1-2H3,(H,13,14). The van der Waals surface area contributed by atoms with Crippen LogP contribution < -0.4 is 10.1 Å². The Labute approximate surface area is 95.2 Å². The van der Waals surface area contributed by atoms with Crippen LogP contribution in [-0.4, -0.2) is 43.1 Å². The van der Waals surface area contributed by atoms with Crippen LogP contribution in [0.15, 0.2) is 23.3 Å². The first-order valence-corrected chi connectivity index (χ1v) is 5.28. The molecule has 0 atom stereocenters. The van der Waals surface area contributed by atoms with Crippen molar-refractivity contribution < 1.29 is 4.74 Å². The molecule has 0 saturated carbocycles. The first-order valence-electron chi connectivity index (χ1n) is 5.28. The van der Waals surface area contributed by atoms with Crippen molar-refractivity contribution >= 4 is 5.96 Å². The molecule has 0 unspecified atom stereocenters. The number of likely N-dealkylation sites (N-methyl/N-ethyl adjacent to an activating group) is 1. The molecular formula is C11H16N4O. The molecule has 2 rings (SSSR count). The summed E-state index contributed by atoms with van der Waals surface area (Å²) < 4.78 is 5.18. The van der Waals surface area contributed by atoms with Gasteiger partial charge >= 0.3 is 0 Å². The Morgan fingerprint density at radius 1 is 1.56 bits per heavy atom. The fourth-order valence-corrected chi connectivity index (χ4v) is 1.64. The van der Waals surface area contributed by atoms with Crippen molar-refractivity contribution in [2.75, 3.05) is 27.2 Å². The molecule has 0 spiro atoms. The van der Waals surface area contributed by atoms with Crippen LogP contribution in [0.2, 0.25) is 0 Å². The summed E-state index contributed by atoms with van der Waals surface area (Å²) in [7, 11) is 3.66. The number of rotatable bonds is 3. The van der Waals surface area contributed by atoms with Crippen LogP contribution in [-0.2, 0) is 6.54 Å². The fraction of sp³-hybridized carbons (Fsp3) is 0.455. The van der Waals surface area contributed by atoms with Gasteiger partial charge in [0.15, 0.2) is 5.96 Å². The van der Waals surface area contributed by atoms with Gasteiger partial charge in [0.25, 0.3) is 0 Å². The number of pyridine rings is 1. The molecule has 1 N–H and O–H groups in total. The van der Waals surface area contributed by atoms with Crippen molar-refractivity contribution in [3.63, 3.8) is 0 Å². The lowest BCUT2D eigenvalue weighted by molar-refractivity contribution is 0.391. The maximum absolute atomic E-state index is 5.18. The van der Waals surface area contributed by atoms with Gasteiger partial charge in [-0.3, -0.25) is 4.99 Å². The molecule has 0 bridgehead atoms. The molecular weight excluding hydrogens is 204 g/mol. The summed E-state index contributed by atoms with van der Waals surface area (Å²) in [5.41, 5.74) is 1.04. The molecule has 5 heteroatoms. The topological polar surface area (TPSA) is 49.8 Å². The Kier molecular flexibility index (Phi) is 3.24. The molecule has 86 valence electrons.